The highest BCUT2D eigenvalue weighted by molar-refractivity contribution is 5.98. The largest absolute Gasteiger partial charge is 0.494 e. The molecule has 1 aromatic heterocycles. The van der Waals surface area contributed by atoms with Crippen LogP contribution in [-0.2, 0) is 13.0 Å². The van der Waals surface area contributed by atoms with Crippen LogP contribution in [0.1, 0.15) is 47.9 Å². The third kappa shape index (κ3) is 4.25. The molecule has 1 amide bonds. The molecule has 7 nitrogen and oxygen atoms in total. The number of fused-ring (bicyclic) bond motifs is 2. The third-order valence-corrected chi connectivity index (χ3v) is 5.11. The fourth-order valence-electron chi connectivity index (χ4n) is 3.44. The number of nitrogens with one attached hydrogen (secondary N) is 1. The van der Waals surface area contributed by atoms with Crippen LogP contribution in [0.4, 0.5) is 0 Å². The van der Waals surface area contributed by atoms with E-state index in [-0.39, 0.29) is 11.5 Å². The number of carbonyl (C=O) groups excluding carboxylic acids is 1. The number of unbranched alkanes of at least 4 members (excludes halogenated alkanes) is 1. The number of hydrazone groups is 1. The van der Waals surface area contributed by atoms with Crippen LogP contribution in [0.25, 0.3) is 10.9 Å². The number of benzene rings is 2. The van der Waals surface area contributed by atoms with Crippen molar-refractivity contribution in [2.24, 2.45) is 5.10 Å². The molecule has 4 rings (SSSR count). The molecular formula is C23H24N4O3. The maximum absolute atomic E-state index is 12.5. The standard InChI is InChI=1S/C23H24N4O3/c1-2-3-13-30-18-9-6-16(7-10-18)15-24-26-22(28)17-8-11-19-20(14-17)25-21-5-4-12-27(21)23(19)29/h6-11,14-15H,2-5,12-13H2,1H3,(H,26,28)/b24-15-. The Morgan fingerprint density at radius 3 is 2.90 bits per heavy atom. The van der Waals surface area contributed by atoms with Crippen molar-refractivity contribution < 1.29 is 9.53 Å². The Morgan fingerprint density at radius 1 is 1.27 bits per heavy atom. The molecule has 3 aromatic rings. The van der Waals surface area contributed by atoms with E-state index in [4.69, 9.17) is 4.74 Å². The molecule has 0 bridgehead atoms. The second-order valence-corrected chi connectivity index (χ2v) is 7.29. The lowest BCUT2D eigenvalue weighted by Gasteiger charge is -2.06. The van der Waals surface area contributed by atoms with Crippen LogP contribution in [-0.4, -0.2) is 28.3 Å². The molecule has 2 aromatic carbocycles. The zero-order valence-corrected chi connectivity index (χ0v) is 16.9. The van der Waals surface area contributed by atoms with Crippen LogP contribution in [0.15, 0.2) is 52.4 Å². The molecular weight excluding hydrogens is 380 g/mol. The number of aryl methyl sites for hydroxylation is 1. The number of hydrogen-bond acceptors (Lipinski definition) is 5. The van der Waals surface area contributed by atoms with E-state index in [0.29, 0.717) is 29.6 Å². The molecule has 7 heteroatoms. The van der Waals surface area contributed by atoms with Crippen molar-refractivity contribution in [3.8, 4) is 5.75 Å². The fraction of sp³-hybridized carbons (Fsp3) is 0.304. The summed E-state index contributed by atoms with van der Waals surface area (Å²) < 4.78 is 7.34. The van der Waals surface area contributed by atoms with Gasteiger partial charge >= 0.3 is 0 Å². The van der Waals surface area contributed by atoms with Crippen molar-refractivity contribution >= 4 is 23.0 Å². The van der Waals surface area contributed by atoms with Crippen LogP contribution >= 0.6 is 0 Å². The summed E-state index contributed by atoms with van der Waals surface area (Å²) in [5.41, 5.74) is 4.29. The highest BCUT2D eigenvalue weighted by Crippen LogP contribution is 2.16. The summed E-state index contributed by atoms with van der Waals surface area (Å²) in [7, 11) is 0. The minimum atomic E-state index is -0.352. The lowest BCUT2D eigenvalue weighted by Crippen LogP contribution is -2.22. The van der Waals surface area contributed by atoms with Gasteiger partial charge < -0.3 is 4.74 Å². The number of amides is 1. The topological polar surface area (TPSA) is 85.6 Å². The molecule has 2 heterocycles. The quantitative estimate of drug-likeness (QED) is 0.372. The van der Waals surface area contributed by atoms with E-state index in [1.165, 1.54) is 0 Å². The molecule has 0 radical (unpaired) electrons. The van der Waals surface area contributed by atoms with Gasteiger partial charge in [-0.1, -0.05) is 13.3 Å². The Bertz CT molecular complexity index is 1150. The molecule has 0 saturated heterocycles. The summed E-state index contributed by atoms with van der Waals surface area (Å²) in [6.45, 7) is 3.54. The second kappa shape index (κ2) is 8.90. The van der Waals surface area contributed by atoms with Gasteiger partial charge in [-0.05, 0) is 60.9 Å². The minimum absolute atomic E-state index is 0.0420. The number of carbonyl (C=O) groups is 1. The minimum Gasteiger partial charge on any atom is -0.494 e. The molecule has 0 spiro atoms. The predicted molar refractivity (Wildman–Crippen MR) is 116 cm³/mol. The van der Waals surface area contributed by atoms with Gasteiger partial charge in [-0.3, -0.25) is 14.2 Å². The molecule has 0 atom stereocenters. The monoisotopic (exact) mass is 404 g/mol. The van der Waals surface area contributed by atoms with Gasteiger partial charge in [0.25, 0.3) is 11.5 Å². The zero-order valence-electron chi connectivity index (χ0n) is 16.9. The molecule has 1 aliphatic rings. The summed E-state index contributed by atoms with van der Waals surface area (Å²) in [4.78, 5) is 29.5. The Hall–Kier alpha value is -3.48. The van der Waals surface area contributed by atoms with Gasteiger partial charge in [-0.25, -0.2) is 10.4 Å². The highest BCUT2D eigenvalue weighted by atomic mass is 16.5. The van der Waals surface area contributed by atoms with Crippen LogP contribution in [0.3, 0.4) is 0 Å². The normalized spacial score (nSPS) is 13.0. The Morgan fingerprint density at radius 2 is 2.10 bits per heavy atom. The average Bonchev–Trinajstić information content (AvgIpc) is 3.23. The molecule has 0 unspecified atom stereocenters. The molecule has 154 valence electrons. The SMILES string of the molecule is CCCCOc1ccc(/C=N\NC(=O)c2ccc3c(=O)n4c(nc3c2)CCC4)cc1. The highest BCUT2D eigenvalue weighted by Gasteiger charge is 2.17. The van der Waals surface area contributed by atoms with Crippen molar-refractivity contribution in [3.63, 3.8) is 0 Å². The molecule has 1 aliphatic heterocycles. The first-order chi connectivity index (χ1) is 14.7. The Labute approximate surface area is 174 Å². The lowest BCUT2D eigenvalue weighted by molar-refractivity contribution is 0.0955. The average molecular weight is 404 g/mol. The first kappa shape index (κ1) is 19.8. The first-order valence-electron chi connectivity index (χ1n) is 10.3. The molecule has 1 N–H and O–H groups in total. The van der Waals surface area contributed by atoms with Gasteiger partial charge in [-0.2, -0.15) is 5.10 Å². The van der Waals surface area contributed by atoms with E-state index in [1.807, 2.05) is 24.3 Å². The first-order valence-corrected chi connectivity index (χ1v) is 10.3. The smallest absolute Gasteiger partial charge is 0.271 e. The van der Waals surface area contributed by atoms with Gasteiger partial charge in [0.1, 0.15) is 11.6 Å². The molecule has 30 heavy (non-hydrogen) atoms. The number of ether oxygens (including phenoxy) is 1. The fourth-order valence-corrected chi connectivity index (χ4v) is 3.44. The van der Waals surface area contributed by atoms with Crippen LogP contribution < -0.4 is 15.7 Å². The summed E-state index contributed by atoms with van der Waals surface area (Å²) in [5, 5.41) is 4.56. The molecule has 0 fully saturated rings. The Kier molecular flexibility index (Phi) is 5.88. The summed E-state index contributed by atoms with van der Waals surface area (Å²) in [6, 6.07) is 12.4. The van der Waals surface area contributed by atoms with Crippen LogP contribution in [0.2, 0.25) is 0 Å². The van der Waals surface area contributed by atoms with Gasteiger partial charge in [0.15, 0.2) is 0 Å². The van der Waals surface area contributed by atoms with Crippen LogP contribution in [0, 0.1) is 0 Å². The maximum atomic E-state index is 12.5. The molecule has 0 saturated carbocycles. The maximum Gasteiger partial charge on any atom is 0.271 e. The van der Waals surface area contributed by atoms with Crippen molar-refractivity contribution in [1.29, 1.82) is 0 Å². The molecule has 0 aliphatic carbocycles. The van der Waals surface area contributed by atoms with E-state index < -0.39 is 0 Å². The van der Waals surface area contributed by atoms with Crippen molar-refractivity contribution in [1.82, 2.24) is 15.0 Å². The third-order valence-electron chi connectivity index (χ3n) is 5.11. The number of hydrogen-bond donors (Lipinski definition) is 1. The Balaban J connectivity index is 1.42. The van der Waals surface area contributed by atoms with E-state index >= 15 is 0 Å². The van der Waals surface area contributed by atoms with Crippen molar-refractivity contribution in [2.75, 3.05) is 6.61 Å². The van der Waals surface area contributed by atoms with Crippen LogP contribution in [0.5, 0.6) is 5.75 Å². The second-order valence-electron chi connectivity index (χ2n) is 7.29. The predicted octanol–water partition coefficient (Wildman–Crippen LogP) is 3.29. The van der Waals surface area contributed by atoms with Gasteiger partial charge in [-0.15, -0.1) is 0 Å². The zero-order chi connectivity index (χ0) is 20.9. The summed E-state index contributed by atoms with van der Waals surface area (Å²) in [6.07, 6.45) is 5.40. The van der Waals surface area contributed by atoms with Gasteiger partial charge in [0, 0.05) is 18.5 Å². The van der Waals surface area contributed by atoms with Crippen molar-refractivity contribution in [3.05, 3.63) is 69.8 Å². The summed E-state index contributed by atoms with van der Waals surface area (Å²) >= 11 is 0. The van der Waals surface area contributed by atoms with E-state index in [0.717, 1.165) is 42.8 Å². The van der Waals surface area contributed by atoms with E-state index in [2.05, 4.69) is 22.4 Å². The van der Waals surface area contributed by atoms with Gasteiger partial charge in [0.2, 0.25) is 0 Å². The van der Waals surface area contributed by atoms with Gasteiger partial charge in [0.05, 0.1) is 23.7 Å². The van der Waals surface area contributed by atoms with E-state index in [9.17, 15) is 9.59 Å². The lowest BCUT2D eigenvalue weighted by atomic mass is 10.1. The number of aromatic nitrogens is 2. The number of nitrogens with zero attached hydrogens (tertiary/aromatic N) is 3. The van der Waals surface area contributed by atoms with Crippen molar-refractivity contribution in [2.45, 2.75) is 39.2 Å². The van der Waals surface area contributed by atoms with E-state index in [1.54, 1.807) is 29.0 Å². The summed E-state index contributed by atoms with van der Waals surface area (Å²) in [5.74, 6) is 1.25. The number of rotatable bonds is 7.